The van der Waals surface area contributed by atoms with E-state index >= 15 is 0 Å². The molecular weight excluding hydrogens is 440 g/mol. The van der Waals surface area contributed by atoms with E-state index in [1.54, 1.807) is 13.8 Å². The molecular formula is C19H30N6O8. The number of nitrogens with one attached hydrogen (secondary N) is 4. The molecule has 1 rings (SSSR count). The van der Waals surface area contributed by atoms with Crippen molar-refractivity contribution in [2.45, 2.75) is 57.3 Å². The Labute approximate surface area is 189 Å². The van der Waals surface area contributed by atoms with E-state index < -0.39 is 72.8 Å². The van der Waals surface area contributed by atoms with Gasteiger partial charge in [0.05, 0.1) is 25.4 Å². The quantitative estimate of drug-likeness (QED) is 0.140. The lowest BCUT2D eigenvalue weighted by Gasteiger charge is -2.27. The van der Waals surface area contributed by atoms with Gasteiger partial charge in [-0.05, 0) is 5.92 Å². The summed E-state index contributed by atoms with van der Waals surface area (Å²) in [6.45, 7) is 2.55. The first-order valence-corrected chi connectivity index (χ1v) is 10.2. The van der Waals surface area contributed by atoms with Crippen molar-refractivity contribution in [3.05, 3.63) is 18.2 Å². The Morgan fingerprint density at radius 2 is 1.70 bits per heavy atom. The van der Waals surface area contributed by atoms with E-state index in [1.165, 1.54) is 12.5 Å². The number of carbonyl (C=O) groups is 5. The number of aliphatic hydroxyl groups is 1. The number of hydrogen-bond acceptors (Lipinski definition) is 8. The second-order valence-electron chi connectivity index (χ2n) is 7.50. The molecule has 0 saturated heterocycles. The second-order valence-corrected chi connectivity index (χ2v) is 7.50. The summed E-state index contributed by atoms with van der Waals surface area (Å²) in [7, 11) is 0. The molecule has 5 atom stereocenters. The number of hydrogen-bond donors (Lipinski definition) is 8. The van der Waals surface area contributed by atoms with Crippen molar-refractivity contribution < 1.29 is 39.3 Å². The number of imidazole rings is 1. The maximum atomic E-state index is 12.8. The molecule has 3 amide bonds. The van der Waals surface area contributed by atoms with Gasteiger partial charge in [-0.1, -0.05) is 20.3 Å². The van der Waals surface area contributed by atoms with Crippen molar-refractivity contribution >= 4 is 29.7 Å². The Hall–Kier alpha value is -3.52. The summed E-state index contributed by atoms with van der Waals surface area (Å²) in [6, 6.07) is -5.43. The molecule has 33 heavy (non-hydrogen) atoms. The first-order valence-electron chi connectivity index (χ1n) is 10.2. The number of H-pyrrole nitrogens is 1. The van der Waals surface area contributed by atoms with E-state index in [1.807, 2.05) is 0 Å². The lowest BCUT2D eigenvalue weighted by atomic mass is 9.97. The minimum absolute atomic E-state index is 0.111. The highest BCUT2D eigenvalue weighted by atomic mass is 16.4. The Morgan fingerprint density at radius 3 is 2.18 bits per heavy atom. The summed E-state index contributed by atoms with van der Waals surface area (Å²) in [5.41, 5.74) is 5.98. The largest absolute Gasteiger partial charge is 0.481 e. The van der Waals surface area contributed by atoms with Gasteiger partial charge in [-0.3, -0.25) is 19.2 Å². The van der Waals surface area contributed by atoms with E-state index in [0.29, 0.717) is 12.1 Å². The van der Waals surface area contributed by atoms with Crippen LogP contribution in [0.3, 0.4) is 0 Å². The van der Waals surface area contributed by atoms with Crippen LogP contribution in [-0.4, -0.2) is 85.7 Å². The van der Waals surface area contributed by atoms with Gasteiger partial charge in [0.1, 0.15) is 18.1 Å². The summed E-state index contributed by atoms with van der Waals surface area (Å²) >= 11 is 0. The Kier molecular flexibility index (Phi) is 10.9. The minimum Gasteiger partial charge on any atom is -0.481 e. The molecule has 14 nitrogen and oxygen atoms in total. The SMILES string of the molecule is CCC(C)C(NC(=O)C(N)CC(=O)O)C(=O)NC(CO)C(=O)NC(Cc1cnc[nH]1)C(=O)O. The number of carboxylic acid groups (broad SMARTS) is 2. The van der Waals surface area contributed by atoms with Crippen LogP contribution in [0.2, 0.25) is 0 Å². The van der Waals surface area contributed by atoms with Crippen molar-refractivity contribution in [3.63, 3.8) is 0 Å². The molecule has 0 aliphatic heterocycles. The minimum atomic E-state index is -1.50. The number of aliphatic carboxylic acids is 2. The summed E-state index contributed by atoms with van der Waals surface area (Å²) in [6.07, 6.45) is 2.42. The highest BCUT2D eigenvalue weighted by Gasteiger charge is 2.32. The number of carbonyl (C=O) groups excluding carboxylic acids is 3. The van der Waals surface area contributed by atoms with Crippen molar-refractivity contribution in [2.24, 2.45) is 11.7 Å². The van der Waals surface area contributed by atoms with E-state index in [-0.39, 0.29) is 6.42 Å². The molecule has 0 saturated carbocycles. The summed E-state index contributed by atoms with van der Waals surface area (Å²) in [4.78, 5) is 66.2. The fourth-order valence-corrected chi connectivity index (χ4v) is 2.79. The van der Waals surface area contributed by atoms with Crippen LogP contribution in [-0.2, 0) is 30.4 Å². The number of amides is 3. The highest BCUT2D eigenvalue weighted by molar-refractivity contribution is 5.95. The molecule has 5 unspecified atom stereocenters. The van der Waals surface area contributed by atoms with Gasteiger partial charge < -0.3 is 42.0 Å². The number of nitrogens with zero attached hydrogens (tertiary/aromatic N) is 1. The zero-order chi connectivity index (χ0) is 25.1. The number of carboxylic acids is 2. The average Bonchev–Trinajstić information content (AvgIpc) is 3.26. The van der Waals surface area contributed by atoms with Crippen molar-refractivity contribution in [1.82, 2.24) is 25.9 Å². The molecule has 1 aromatic heterocycles. The lowest BCUT2D eigenvalue weighted by molar-refractivity contribution is -0.142. The molecule has 0 spiro atoms. The van der Waals surface area contributed by atoms with Crippen LogP contribution in [0.5, 0.6) is 0 Å². The maximum Gasteiger partial charge on any atom is 0.326 e. The van der Waals surface area contributed by atoms with Gasteiger partial charge in [-0.25, -0.2) is 9.78 Å². The van der Waals surface area contributed by atoms with Gasteiger partial charge in [0.25, 0.3) is 0 Å². The number of rotatable bonds is 14. The molecule has 0 fully saturated rings. The van der Waals surface area contributed by atoms with Crippen molar-refractivity contribution in [2.75, 3.05) is 6.61 Å². The fraction of sp³-hybridized carbons (Fsp3) is 0.579. The van der Waals surface area contributed by atoms with E-state index in [9.17, 15) is 34.2 Å². The molecule has 184 valence electrons. The van der Waals surface area contributed by atoms with Gasteiger partial charge in [0, 0.05) is 18.3 Å². The fourth-order valence-electron chi connectivity index (χ4n) is 2.79. The van der Waals surface area contributed by atoms with Crippen LogP contribution in [0, 0.1) is 5.92 Å². The van der Waals surface area contributed by atoms with Crippen LogP contribution >= 0.6 is 0 Å². The van der Waals surface area contributed by atoms with Gasteiger partial charge in [0.15, 0.2) is 0 Å². The molecule has 1 heterocycles. The predicted octanol–water partition coefficient (Wildman–Crippen LogP) is -2.67. The molecule has 1 aromatic rings. The third-order valence-corrected chi connectivity index (χ3v) is 4.93. The third-order valence-electron chi connectivity index (χ3n) is 4.93. The van der Waals surface area contributed by atoms with Crippen LogP contribution in [0.4, 0.5) is 0 Å². The van der Waals surface area contributed by atoms with Gasteiger partial charge >= 0.3 is 11.9 Å². The molecule has 0 bridgehead atoms. The maximum absolute atomic E-state index is 12.8. The topological polar surface area (TPSA) is 237 Å². The Morgan fingerprint density at radius 1 is 1.06 bits per heavy atom. The molecule has 0 aliphatic rings. The molecule has 14 heteroatoms. The zero-order valence-electron chi connectivity index (χ0n) is 18.3. The average molecular weight is 470 g/mol. The first-order chi connectivity index (χ1) is 15.5. The highest BCUT2D eigenvalue weighted by Crippen LogP contribution is 2.09. The van der Waals surface area contributed by atoms with Gasteiger partial charge in [0.2, 0.25) is 17.7 Å². The standard InChI is InChI=1S/C19H30N6O8/c1-3-9(2)15(25-16(29)11(20)5-14(27)28)18(31)24-13(7-26)17(30)23-12(19(32)33)4-10-6-21-8-22-10/h6,8-9,11-13,15,26H,3-5,7,20H2,1-2H3,(H,21,22)(H,23,30)(H,24,31)(H,25,29)(H,27,28)(H,32,33). The second kappa shape index (κ2) is 13.1. The van der Waals surface area contributed by atoms with E-state index in [2.05, 4.69) is 25.9 Å². The molecule has 0 aliphatic carbocycles. The summed E-state index contributed by atoms with van der Waals surface area (Å²) < 4.78 is 0. The van der Waals surface area contributed by atoms with Gasteiger partial charge in [-0.2, -0.15) is 0 Å². The van der Waals surface area contributed by atoms with Crippen molar-refractivity contribution in [3.8, 4) is 0 Å². The normalized spacial score (nSPS) is 15.4. The molecule has 0 aromatic carbocycles. The molecule has 9 N–H and O–H groups in total. The zero-order valence-corrected chi connectivity index (χ0v) is 18.3. The van der Waals surface area contributed by atoms with Gasteiger partial charge in [-0.15, -0.1) is 0 Å². The van der Waals surface area contributed by atoms with E-state index in [0.717, 1.165) is 0 Å². The number of aliphatic hydroxyl groups excluding tert-OH is 1. The monoisotopic (exact) mass is 470 g/mol. The number of nitrogens with two attached hydrogens (primary N) is 1. The molecule has 0 radical (unpaired) electrons. The summed E-state index contributed by atoms with van der Waals surface area (Å²) in [5, 5.41) is 34.6. The van der Waals surface area contributed by atoms with Crippen LogP contribution in [0.15, 0.2) is 12.5 Å². The number of aromatic nitrogens is 2. The van der Waals surface area contributed by atoms with Crippen LogP contribution < -0.4 is 21.7 Å². The first kappa shape index (κ1) is 27.5. The third kappa shape index (κ3) is 8.86. The van der Waals surface area contributed by atoms with Crippen LogP contribution in [0.25, 0.3) is 0 Å². The lowest BCUT2D eigenvalue weighted by Crippen LogP contribution is -2.59. The summed E-state index contributed by atoms with van der Waals surface area (Å²) in [5.74, 6) is -5.70. The predicted molar refractivity (Wildman–Crippen MR) is 112 cm³/mol. The number of aromatic amines is 1. The van der Waals surface area contributed by atoms with E-state index in [4.69, 9.17) is 10.8 Å². The smallest absolute Gasteiger partial charge is 0.326 e. The Bertz CT molecular complexity index is 830. The Balaban J connectivity index is 2.87. The van der Waals surface area contributed by atoms with Crippen molar-refractivity contribution in [1.29, 1.82) is 0 Å². The van der Waals surface area contributed by atoms with Crippen LogP contribution in [0.1, 0.15) is 32.4 Å².